The molecule has 0 bridgehead atoms. The van der Waals surface area contributed by atoms with E-state index >= 15 is 0 Å². The lowest BCUT2D eigenvalue weighted by Gasteiger charge is -2.28. The zero-order valence-corrected chi connectivity index (χ0v) is 27.6. The third kappa shape index (κ3) is 4.89. The van der Waals surface area contributed by atoms with Crippen molar-refractivity contribution in [3.05, 3.63) is 169 Å². The Balaban J connectivity index is 1.13. The van der Waals surface area contributed by atoms with Gasteiger partial charge >= 0.3 is 6.98 Å². The number of rotatable bonds is 5. The van der Waals surface area contributed by atoms with Crippen LogP contribution in [0.1, 0.15) is 11.5 Å². The fourth-order valence-electron chi connectivity index (χ4n) is 7.67. The minimum Gasteiger partial charge on any atom is -0.410 e. The molecular formula is C44H31BN6. The third-order valence-corrected chi connectivity index (χ3v) is 10.1. The number of aromatic nitrogens is 4. The van der Waals surface area contributed by atoms with E-state index in [0.717, 1.165) is 60.8 Å². The molecule has 0 radical (unpaired) electrons. The van der Waals surface area contributed by atoms with Gasteiger partial charge in [-0.1, -0.05) is 133 Å². The van der Waals surface area contributed by atoms with Gasteiger partial charge in [-0.2, -0.15) is 9.97 Å². The Labute approximate surface area is 295 Å². The standard InChI is InChI=1S/C44H31BN6/c46-45-41-33(28-12-7-8-13-28)19-11-20-35(41)36-26-31(22-24-38(36)50-45)32-23-25-40-37(27-32)34-18-9-10-21-39(34)51(40)44-48-42(29-14-3-1-4-15-29)47-43(49-44)30-16-5-2-6-17-30/h1-28,50H,46H2. The minimum atomic E-state index is -0.278. The van der Waals surface area contributed by atoms with E-state index < -0.39 is 0 Å². The van der Waals surface area contributed by atoms with E-state index in [4.69, 9.17) is 20.6 Å². The van der Waals surface area contributed by atoms with E-state index in [0.29, 0.717) is 17.6 Å². The number of allylic oxidation sites excluding steroid dienone is 4. The number of hydrogen-bond donors (Lipinski definition) is 2. The van der Waals surface area contributed by atoms with E-state index in [1.807, 2.05) is 60.7 Å². The molecule has 2 aromatic heterocycles. The van der Waals surface area contributed by atoms with Gasteiger partial charge in [0.25, 0.3) is 0 Å². The van der Waals surface area contributed by atoms with Crippen LogP contribution in [-0.4, -0.2) is 26.5 Å². The molecule has 0 atom stereocenters. The number of anilines is 1. The van der Waals surface area contributed by atoms with Crippen LogP contribution in [-0.2, 0) is 0 Å². The SMILES string of the molecule is NB1Nc2ccc(-c3ccc4c(c3)c3ccccc3n4-c3nc(-c4ccccc4)nc(-c4ccccc4)n3)cc2-c2cccc(C3C=CC=C3)c21. The Bertz CT molecular complexity index is 2630. The zero-order valence-electron chi connectivity index (χ0n) is 27.6. The minimum absolute atomic E-state index is 0.231. The zero-order chi connectivity index (χ0) is 33.9. The molecule has 3 N–H and O–H groups in total. The van der Waals surface area contributed by atoms with Gasteiger partial charge in [0.2, 0.25) is 5.95 Å². The molecule has 3 heterocycles. The van der Waals surface area contributed by atoms with Crippen LogP contribution in [0.3, 0.4) is 0 Å². The second-order valence-electron chi connectivity index (χ2n) is 13.1. The molecule has 0 saturated heterocycles. The van der Waals surface area contributed by atoms with Crippen molar-refractivity contribution in [3.8, 4) is 51.0 Å². The summed E-state index contributed by atoms with van der Waals surface area (Å²) in [5.41, 5.74) is 18.8. The molecule has 10 rings (SSSR count). The topological polar surface area (TPSA) is 81.6 Å². The predicted octanol–water partition coefficient (Wildman–Crippen LogP) is 8.93. The maximum Gasteiger partial charge on any atom is 0.371 e. The van der Waals surface area contributed by atoms with Crippen molar-refractivity contribution in [2.24, 2.45) is 5.64 Å². The van der Waals surface area contributed by atoms with Crippen molar-refractivity contribution >= 4 is 39.9 Å². The van der Waals surface area contributed by atoms with Crippen molar-refractivity contribution < 1.29 is 0 Å². The summed E-state index contributed by atoms with van der Waals surface area (Å²) >= 11 is 0. The number of benzene rings is 6. The molecular weight excluding hydrogens is 623 g/mol. The molecule has 7 heteroatoms. The van der Waals surface area contributed by atoms with Crippen molar-refractivity contribution in [2.45, 2.75) is 5.92 Å². The number of para-hydroxylation sites is 1. The highest BCUT2D eigenvalue weighted by atomic mass is 15.2. The summed E-state index contributed by atoms with van der Waals surface area (Å²) in [5.74, 6) is 2.08. The largest absolute Gasteiger partial charge is 0.410 e. The summed E-state index contributed by atoms with van der Waals surface area (Å²) in [5, 5.41) is 5.84. The summed E-state index contributed by atoms with van der Waals surface area (Å²) in [7, 11) is 0. The average Bonchev–Trinajstić information content (AvgIpc) is 3.85. The molecule has 2 aliphatic rings. The molecule has 0 unspecified atom stereocenters. The number of nitrogens with zero attached hydrogens (tertiary/aromatic N) is 4. The summed E-state index contributed by atoms with van der Waals surface area (Å²) in [6.45, 7) is -0.278. The van der Waals surface area contributed by atoms with Gasteiger partial charge in [0, 0.05) is 39.1 Å². The molecule has 8 aromatic rings. The second kappa shape index (κ2) is 11.8. The second-order valence-corrected chi connectivity index (χ2v) is 13.1. The fourth-order valence-corrected chi connectivity index (χ4v) is 7.67. The van der Waals surface area contributed by atoms with Crippen LogP contribution in [0, 0.1) is 0 Å². The van der Waals surface area contributed by atoms with Crippen LogP contribution < -0.4 is 16.3 Å². The van der Waals surface area contributed by atoms with Gasteiger partial charge in [0.15, 0.2) is 11.6 Å². The lowest BCUT2D eigenvalue weighted by Crippen LogP contribution is -2.52. The van der Waals surface area contributed by atoms with Crippen LogP contribution in [0.2, 0.25) is 0 Å². The maximum absolute atomic E-state index is 6.75. The Morgan fingerprint density at radius 2 is 1.20 bits per heavy atom. The summed E-state index contributed by atoms with van der Waals surface area (Å²) in [4.78, 5) is 15.1. The molecule has 6 aromatic carbocycles. The summed E-state index contributed by atoms with van der Waals surface area (Å²) in [6, 6.07) is 48.5. The Morgan fingerprint density at radius 1 is 0.549 bits per heavy atom. The highest BCUT2D eigenvalue weighted by Gasteiger charge is 2.30. The van der Waals surface area contributed by atoms with Crippen molar-refractivity contribution in [3.63, 3.8) is 0 Å². The van der Waals surface area contributed by atoms with E-state index in [9.17, 15) is 0 Å². The molecule has 0 fully saturated rings. The molecule has 240 valence electrons. The van der Waals surface area contributed by atoms with Gasteiger partial charge in [0.05, 0.1) is 11.0 Å². The molecule has 1 aliphatic heterocycles. The molecule has 0 amide bonds. The Hall–Kier alpha value is -6.57. The smallest absolute Gasteiger partial charge is 0.371 e. The maximum atomic E-state index is 6.75. The van der Waals surface area contributed by atoms with E-state index in [1.54, 1.807) is 0 Å². The molecule has 0 spiro atoms. The van der Waals surface area contributed by atoms with Gasteiger partial charge in [-0.25, -0.2) is 4.98 Å². The van der Waals surface area contributed by atoms with Gasteiger partial charge < -0.3 is 10.9 Å². The van der Waals surface area contributed by atoms with Crippen LogP contribution in [0.15, 0.2) is 164 Å². The first kappa shape index (κ1) is 29.4. The van der Waals surface area contributed by atoms with E-state index in [1.165, 1.54) is 11.1 Å². The van der Waals surface area contributed by atoms with Crippen molar-refractivity contribution in [1.82, 2.24) is 19.5 Å². The van der Waals surface area contributed by atoms with Gasteiger partial charge in [0.1, 0.15) is 0 Å². The number of fused-ring (bicyclic) bond motifs is 6. The van der Waals surface area contributed by atoms with Gasteiger partial charge in [-0.3, -0.25) is 4.57 Å². The molecule has 1 aliphatic carbocycles. The van der Waals surface area contributed by atoms with Crippen molar-refractivity contribution in [1.29, 1.82) is 0 Å². The molecule has 0 saturated carbocycles. The highest BCUT2D eigenvalue weighted by Crippen LogP contribution is 2.39. The van der Waals surface area contributed by atoms with E-state index in [2.05, 4.69) is 113 Å². The summed E-state index contributed by atoms with van der Waals surface area (Å²) < 4.78 is 2.16. The lowest BCUT2D eigenvalue weighted by molar-refractivity contribution is 0.953. The first-order valence-electron chi connectivity index (χ1n) is 17.2. The number of nitrogens with two attached hydrogens (primary N) is 1. The first-order chi connectivity index (χ1) is 25.2. The Kier molecular flexibility index (Phi) is 6.79. The normalized spacial score (nSPS) is 13.5. The van der Waals surface area contributed by atoms with Crippen LogP contribution >= 0.6 is 0 Å². The lowest BCUT2D eigenvalue weighted by atomic mass is 9.60. The van der Waals surface area contributed by atoms with Crippen LogP contribution in [0.4, 0.5) is 5.69 Å². The third-order valence-electron chi connectivity index (χ3n) is 10.1. The van der Waals surface area contributed by atoms with E-state index in [-0.39, 0.29) is 12.9 Å². The van der Waals surface area contributed by atoms with Crippen LogP contribution in [0.25, 0.3) is 72.8 Å². The van der Waals surface area contributed by atoms with Crippen LogP contribution in [0.5, 0.6) is 0 Å². The predicted molar refractivity (Wildman–Crippen MR) is 210 cm³/mol. The quantitative estimate of drug-likeness (QED) is 0.181. The molecule has 51 heavy (non-hydrogen) atoms. The van der Waals surface area contributed by atoms with Gasteiger partial charge in [-0.05, 0) is 58.0 Å². The van der Waals surface area contributed by atoms with Gasteiger partial charge in [-0.15, -0.1) is 0 Å². The first-order valence-corrected chi connectivity index (χ1v) is 17.2. The van der Waals surface area contributed by atoms with Crippen molar-refractivity contribution in [2.75, 3.05) is 5.23 Å². The summed E-state index contributed by atoms with van der Waals surface area (Å²) in [6.07, 6.45) is 8.66. The number of hydrogen-bond acceptors (Lipinski definition) is 5. The molecule has 6 nitrogen and oxygen atoms in total. The monoisotopic (exact) mass is 654 g/mol. The number of nitrogens with one attached hydrogen (secondary N) is 1. The average molecular weight is 655 g/mol. The highest BCUT2D eigenvalue weighted by molar-refractivity contribution is 6.76. The fraction of sp³-hybridized carbons (Fsp3) is 0.0227. The Morgan fingerprint density at radius 3 is 1.94 bits per heavy atom.